The summed E-state index contributed by atoms with van der Waals surface area (Å²) < 4.78 is 16.0. The Morgan fingerprint density at radius 3 is 2.86 bits per heavy atom. The van der Waals surface area contributed by atoms with E-state index in [-0.39, 0.29) is 31.6 Å². The second-order valence-electron chi connectivity index (χ2n) is 7.38. The van der Waals surface area contributed by atoms with Crippen molar-refractivity contribution in [2.75, 3.05) is 34.0 Å². The van der Waals surface area contributed by atoms with Gasteiger partial charge in [-0.05, 0) is 44.2 Å². The first-order chi connectivity index (χ1) is 14.1. The fourth-order valence-corrected chi connectivity index (χ4v) is 3.78. The van der Waals surface area contributed by atoms with Gasteiger partial charge in [0.2, 0.25) is 11.8 Å². The summed E-state index contributed by atoms with van der Waals surface area (Å²) >= 11 is 0. The number of morpholine rings is 1. The van der Waals surface area contributed by atoms with Crippen LogP contribution in [-0.2, 0) is 20.9 Å². The lowest BCUT2D eigenvalue weighted by Gasteiger charge is -2.34. The van der Waals surface area contributed by atoms with Crippen LogP contribution < -0.4 is 14.8 Å². The van der Waals surface area contributed by atoms with E-state index < -0.39 is 6.04 Å². The minimum Gasteiger partial charge on any atom is -0.497 e. The van der Waals surface area contributed by atoms with Gasteiger partial charge in [-0.15, -0.1) is 0 Å². The molecule has 1 heterocycles. The van der Waals surface area contributed by atoms with Crippen molar-refractivity contribution in [1.29, 1.82) is 0 Å². The van der Waals surface area contributed by atoms with Crippen molar-refractivity contribution in [1.82, 2.24) is 10.2 Å². The molecule has 7 nitrogen and oxygen atoms in total. The summed E-state index contributed by atoms with van der Waals surface area (Å²) in [4.78, 5) is 26.9. The van der Waals surface area contributed by atoms with Crippen LogP contribution in [0.15, 0.2) is 29.8 Å². The Bertz CT molecular complexity index is 762. The first kappa shape index (κ1) is 21.2. The average molecular weight is 402 g/mol. The third-order valence-corrected chi connectivity index (χ3v) is 5.47. The highest BCUT2D eigenvalue weighted by Crippen LogP contribution is 2.27. The molecule has 1 aliphatic heterocycles. The van der Waals surface area contributed by atoms with Gasteiger partial charge in [0.25, 0.3) is 0 Å². The van der Waals surface area contributed by atoms with Gasteiger partial charge in [0, 0.05) is 18.2 Å². The van der Waals surface area contributed by atoms with Gasteiger partial charge in [0.1, 0.15) is 24.1 Å². The molecule has 1 aliphatic carbocycles. The standard InChI is InChI=1S/C22H30N2O5/c1-27-18-9-8-17(20(12-18)28-2)13-24-19(14-29-15-21(24)25)22(26)23-11-10-16-6-4-3-5-7-16/h6,8-9,12,19H,3-5,7,10-11,13-15H2,1-2H3,(H,23,26)/t19-/m0/s1. The second-order valence-corrected chi connectivity index (χ2v) is 7.38. The van der Waals surface area contributed by atoms with Crippen molar-refractivity contribution in [3.05, 3.63) is 35.4 Å². The van der Waals surface area contributed by atoms with Crippen LogP contribution in [-0.4, -0.2) is 56.7 Å². The third kappa shape index (κ3) is 5.50. The lowest BCUT2D eigenvalue weighted by atomic mass is 9.97. The molecule has 1 aromatic rings. The molecule has 0 spiro atoms. The van der Waals surface area contributed by atoms with E-state index in [9.17, 15) is 9.59 Å². The van der Waals surface area contributed by atoms with Crippen molar-refractivity contribution >= 4 is 11.8 Å². The number of carbonyl (C=O) groups excluding carboxylic acids is 2. The van der Waals surface area contributed by atoms with Crippen molar-refractivity contribution in [3.8, 4) is 11.5 Å². The van der Waals surface area contributed by atoms with E-state index in [1.54, 1.807) is 25.2 Å². The second kappa shape index (κ2) is 10.3. The Morgan fingerprint density at radius 1 is 1.28 bits per heavy atom. The molecule has 1 fully saturated rings. The molecule has 1 N–H and O–H groups in total. The summed E-state index contributed by atoms with van der Waals surface area (Å²) in [6.07, 6.45) is 7.87. The Kier molecular flexibility index (Phi) is 7.52. The summed E-state index contributed by atoms with van der Waals surface area (Å²) in [6, 6.07) is 4.79. The molecule has 7 heteroatoms. The summed E-state index contributed by atoms with van der Waals surface area (Å²) in [5, 5.41) is 2.98. The van der Waals surface area contributed by atoms with Gasteiger partial charge < -0.3 is 24.4 Å². The van der Waals surface area contributed by atoms with Crippen LogP contribution in [0.25, 0.3) is 0 Å². The number of nitrogens with zero attached hydrogens (tertiary/aromatic N) is 1. The SMILES string of the molecule is COc1ccc(CN2C(=O)COC[C@H]2C(=O)NCCC2=CCCCC2)c(OC)c1. The zero-order valence-corrected chi connectivity index (χ0v) is 17.2. The van der Waals surface area contributed by atoms with Crippen molar-refractivity contribution in [2.45, 2.75) is 44.7 Å². The van der Waals surface area contributed by atoms with Crippen LogP contribution >= 0.6 is 0 Å². The molecule has 0 bridgehead atoms. The average Bonchev–Trinajstić information content (AvgIpc) is 2.76. The normalized spacial score (nSPS) is 19.5. The largest absolute Gasteiger partial charge is 0.497 e. The van der Waals surface area contributed by atoms with Gasteiger partial charge in [-0.3, -0.25) is 9.59 Å². The van der Waals surface area contributed by atoms with E-state index in [2.05, 4.69) is 11.4 Å². The smallest absolute Gasteiger partial charge is 0.249 e. The van der Waals surface area contributed by atoms with Crippen LogP contribution in [0.3, 0.4) is 0 Å². The Morgan fingerprint density at radius 2 is 2.14 bits per heavy atom. The number of hydrogen-bond donors (Lipinski definition) is 1. The van der Waals surface area contributed by atoms with E-state index in [1.807, 2.05) is 12.1 Å². The Labute approximate surface area is 172 Å². The summed E-state index contributed by atoms with van der Waals surface area (Å²) in [5.41, 5.74) is 2.22. The van der Waals surface area contributed by atoms with Gasteiger partial charge in [0.15, 0.2) is 0 Å². The van der Waals surface area contributed by atoms with Gasteiger partial charge in [-0.2, -0.15) is 0 Å². The molecule has 3 rings (SSSR count). The summed E-state index contributed by atoms with van der Waals surface area (Å²) in [6.45, 7) is 1.03. The molecule has 1 saturated heterocycles. The zero-order chi connectivity index (χ0) is 20.6. The number of ether oxygens (including phenoxy) is 3. The van der Waals surface area contributed by atoms with Gasteiger partial charge in [-0.1, -0.05) is 11.6 Å². The monoisotopic (exact) mass is 402 g/mol. The zero-order valence-electron chi connectivity index (χ0n) is 17.2. The lowest BCUT2D eigenvalue weighted by molar-refractivity contribution is -0.155. The van der Waals surface area contributed by atoms with E-state index >= 15 is 0 Å². The van der Waals surface area contributed by atoms with E-state index in [0.29, 0.717) is 18.0 Å². The number of carbonyl (C=O) groups is 2. The van der Waals surface area contributed by atoms with Crippen LogP contribution in [0.1, 0.15) is 37.7 Å². The van der Waals surface area contributed by atoms with Crippen LogP contribution in [0.2, 0.25) is 0 Å². The molecule has 0 unspecified atom stereocenters. The molecule has 1 atom stereocenters. The highest BCUT2D eigenvalue weighted by Gasteiger charge is 2.34. The van der Waals surface area contributed by atoms with E-state index in [1.165, 1.54) is 18.4 Å². The minimum absolute atomic E-state index is 0.0187. The predicted octanol–water partition coefficient (Wildman–Crippen LogP) is 2.44. The predicted molar refractivity (Wildman–Crippen MR) is 109 cm³/mol. The molecule has 1 aromatic carbocycles. The maximum absolute atomic E-state index is 12.8. The molecular weight excluding hydrogens is 372 g/mol. The Balaban J connectivity index is 1.64. The molecule has 0 saturated carbocycles. The number of allylic oxidation sites excluding steroid dienone is 1. The van der Waals surface area contributed by atoms with Crippen LogP contribution in [0, 0.1) is 0 Å². The molecule has 29 heavy (non-hydrogen) atoms. The number of hydrogen-bond acceptors (Lipinski definition) is 5. The number of amides is 2. The number of methoxy groups -OCH3 is 2. The Hall–Kier alpha value is -2.54. The lowest BCUT2D eigenvalue weighted by Crippen LogP contribution is -2.56. The van der Waals surface area contributed by atoms with Gasteiger partial charge in [-0.25, -0.2) is 0 Å². The molecule has 0 aromatic heterocycles. The highest BCUT2D eigenvalue weighted by atomic mass is 16.5. The highest BCUT2D eigenvalue weighted by molar-refractivity contribution is 5.89. The molecule has 2 aliphatic rings. The minimum atomic E-state index is -0.650. The van der Waals surface area contributed by atoms with Crippen molar-refractivity contribution in [2.24, 2.45) is 0 Å². The quantitative estimate of drug-likeness (QED) is 0.676. The molecule has 0 radical (unpaired) electrons. The van der Waals surface area contributed by atoms with Gasteiger partial charge in [0.05, 0.1) is 27.4 Å². The van der Waals surface area contributed by atoms with E-state index in [0.717, 1.165) is 24.8 Å². The summed E-state index contributed by atoms with van der Waals surface area (Å²) in [5.74, 6) is 0.906. The first-order valence-corrected chi connectivity index (χ1v) is 10.2. The van der Waals surface area contributed by atoms with Crippen LogP contribution in [0.4, 0.5) is 0 Å². The van der Waals surface area contributed by atoms with Crippen molar-refractivity contribution < 1.29 is 23.8 Å². The van der Waals surface area contributed by atoms with E-state index in [4.69, 9.17) is 14.2 Å². The number of rotatable bonds is 8. The number of benzene rings is 1. The maximum Gasteiger partial charge on any atom is 0.249 e. The fraction of sp³-hybridized carbons (Fsp3) is 0.545. The first-order valence-electron chi connectivity index (χ1n) is 10.2. The fourth-order valence-electron chi connectivity index (χ4n) is 3.78. The molecular formula is C22H30N2O5. The third-order valence-electron chi connectivity index (χ3n) is 5.47. The molecule has 2 amide bonds. The van der Waals surface area contributed by atoms with Gasteiger partial charge >= 0.3 is 0 Å². The maximum atomic E-state index is 12.8. The summed E-state index contributed by atoms with van der Waals surface area (Å²) in [7, 11) is 3.16. The topological polar surface area (TPSA) is 77.1 Å². The van der Waals surface area contributed by atoms with Crippen LogP contribution in [0.5, 0.6) is 11.5 Å². The number of nitrogens with one attached hydrogen (secondary N) is 1. The molecule has 158 valence electrons. The van der Waals surface area contributed by atoms with Crippen molar-refractivity contribution in [3.63, 3.8) is 0 Å².